The van der Waals surface area contributed by atoms with Crippen molar-refractivity contribution in [1.29, 1.82) is 0 Å². The van der Waals surface area contributed by atoms with E-state index in [1.165, 1.54) is 205 Å². The van der Waals surface area contributed by atoms with E-state index in [0.29, 0.717) is 6.42 Å². The Labute approximate surface area is 319 Å². The predicted octanol–water partition coefficient (Wildman–Crippen LogP) is 14.4. The van der Waals surface area contributed by atoms with Crippen molar-refractivity contribution in [2.24, 2.45) is 0 Å². The largest absolute Gasteiger partial charge is 0.394 e. The molecule has 3 N–H and O–H groups in total. The van der Waals surface area contributed by atoms with Crippen molar-refractivity contribution in [1.82, 2.24) is 5.32 Å². The van der Waals surface area contributed by atoms with Crippen LogP contribution in [0.4, 0.5) is 0 Å². The minimum atomic E-state index is -0.834. The van der Waals surface area contributed by atoms with E-state index in [-0.39, 0.29) is 12.5 Å². The van der Waals surface area contributed by atoms with Gasteiger partial charge in [-0.2, -0.15) is 0 Å². The monoisotopic (exact) mass is 718 g/mol. The van der Waals surface area contributed by atoms with Gasteiger partial charge in [0.25, 0.3) is 0 Å². The van der Waals surface area contributed by atoms with Crippen LogP contribution in [0.25, 0.3) is 0 Å². The predicted molar refractivity (Wildman–Crippen MR) is 225 cm³/mol. The fourth-order valence-electron chi connectivity index (χ4n) is 7.11. The lowest BCUT2D eigenvalue weighted by Gasteiger charge is -2.20. The van der Waals surface area contributed by atoms with E-state index < -0.39 is 12.1 Å². The first kappa shape index (κ1) is 49.9. The number of carbonyl (C=O) groups excluding carboxylic acids is 1. The molecule has 0 aromatic heterocycles. The molecule has 0 saturated carbocycles. The van der Waals surface area contributed by atoms with Gasteiger partial charge >= 0.3 is 0 Å². The minimum Gasteiger partial charge on any atom is -0.394 e. The summed E-state index contributed by atoms with van der Waals surface area (Å²) in [4.78, 5) is 12.4. The van der Waals surface area contributed by atoms with E-state index in [1.807, 2.05) is 6.08 Å². The smallest absolute Gasteiger partial charge is 0.220 e. The summed E-state index contributed by atoms with van der Waals surface area (Å²) in [5.41, 5.74) is 0. The Kier molecular flexibility index (Phi) is 42.3. The number of hydrogen-bond donors (Lipinski definition) is 3. The molecule has 0 saturated heterocycles. The quantitative estimate of drug-likeness (QED) is 0.0435. The molecule has 0 aliphatic carbocycles. The number of amides is 1. The summed E-state index contributed by atoms with van der Waals surface area (Å²) in [6, 6.07) is -0.617. The second kappa shape index (κ2) is 43.3. The van der Waals surface area contributed by atoms with Gasteiger partial charge in [0.2, 0.25) is 5.91 Å². The Morgan fingerprint density at radius 2 is 0.745 bits per heavy atom. The highest BCUT2D eigenvalue weighted by Crippen LogP contribution is 2.15. The number of carbonyl (C=O) groups is 1. The van der Waals surface area contributed by atoms with Crippen LogP contribution >= 0.6 is 0 Å². The number of rotatable bonds is 42. The van der Waals surface area contributed by atoms with E-state index in [1.54, 1.807) is 6.08 Å². The minimum absolute atomic E-state index is 0.0638. The summed E-state index contributed by atoms with van der Waals surface area (Å²) in [5, 5.41) is 22.9. The van der Waals surface area contributed by atoms with Crippen LogP contribution in [0.5, 0.6) is 0 Å². The molecule has 0 heterocycles. The molecule has 0 aliphatic heterocycles. The summed E-state index contributed by atoms with van der Waals surface area (Å²) in [5.74, 6) is -0.0638. The third-order valence-corrected chi connectivity index (χ3v) is 10.7. The van der Waals surface area contributed by atoms with Crippen molar-refractivity contribution in [3.63, 3.8) is 0 Å². The van der Waals surface area contributed by atoms with Crippen molar-refractivity contribution in [3.8, 4) is 0 Å². The maximum Gasteiger partial charge on any atom is 0.220 e. The van der Waals surface area contributed by atoms with Crippen LogP contribution in [0, 0.1) is 0 Å². The summed E-state index contributed by atoms with van der Waals surface area (Å²) in [6.07, 6.45) is 56.0. The molecule has 1 amide bonds. The van der Waals surface area contributed by atoms with Gasteiger partial charge in [-0.15, -0.1) is 0 Å². The average molecular weight is 718 g/mol. The highest BCUT2D eigenvalue weighted by Gasteiger charge is 2.17. The molecule has 302 valence electrons. The topological polar surface area (TPSA) is 69.6 Å². The molecular weight excluding hydrogens is 627 g/mol. The van der Waals surface area contributed by atoms with Gasteiger partial charge in [-0.3, -0.25) is 4.79 Å². The molecule has 0 aromatic carbocycles. The number of aliphatic hydroxyl groups excluding tert-OH is 2. The lowest BCUT2D eigenvalue weighted by Crippen LogP contribution is -2.45. The summed E-state index contributed by atoms with van der Waals surface area (Å²) >= 11 is 0. The number of nitrogens with one attached hydrogen (secondary N) is 1. The Balaban J connectivity index is 3.43. The number of allylic oxidation sites excluding steroid dienone is 3. The second-order valence-corrected chi connectivity index (χ2v) is 15.8. The zero-order valence-electron chi connectivity index (χ0n) is 34.6. The molecule has 0 rings (SSSR count). The molecule has 0 aromatic rings. The molecule has 2 atom stereocenters. The van der Waals surface area contributed by atoms with E-state index in [2.05, 4.69) is 31.3 Å². The molecule has 4 heteroatoms. The lowest BCUT2D eigenvalue weighted by molar-refractivity contribution is -0.123. The van der Waals surface area contributed by atoms with Gasteiger partial charge < -0.3 is 15.5 Å². The van der Waals surface area contributed by atoms with Crippen molar-refractivity contribution in [2.75, 3.05) is 6.61 Å². The zero-order chi connectivity index (χ0) is 37.1. The molecule has 51 heavy (non-hydrogen) atoms. The summed E-state index contributed by atoms with van der Waals surface area (Å²) in [6.45, 7) is 4.30. The molecule has 0 aliphatic rings. The fourth-order valence-corrected chi connectivity index (χ4v) is 7.11. The van der Waals surface area contributed by atoms with Crippen molar-refractivity contribution >= 4 is 5.91 Å². The van der Waals surface area contributed by atoms with Gasteiger partial charge in [-0.25, -0.2) is 0 Å². The van der Waals surface area contributed by atoms with E-state index >= 15 is 0 Å². The van der Waals surface area contributed by atoms with E-state index in [0.717, 1.165) is 25.7 Å². The lowest BCUT2D eigenvalue weighted by atomic mass is 10.0. The Bertz CT molecular complexity index is 735. The number of hydrogen-bond acceptors (Lipinski definition) is 3. The van der Waals surface area contributed by atoms with Crippen LogP contribution < -0.4 is 5.32 Å². The first-order valence-corrected chi connectivity index (χ1v) is 23.1. The van der Waals surface area contributed by atoms with Crippen LogP contribution in [0.1, 0.15) is 251 Å². The van der Waals surface area contributed by atoms with E-state index in [9.17, 15) is 15.0 Å². The molecule has 0 spiro atoms. The number of aliphatic hydroxyl groups is 2. The average Bonchev–Trinajstić information content (AvgIpc) is 3.13. The third kappa shape index (κ3) is 39.9. The molecule has 0 bridgehead atoms. The fraction of sp³-hybridized carbons (Fsp3) is 0.894. The van der Waals surface area contributed by atoms with Gasteiger partial charge in [0.1, 0.15) is 0 Å². The molecular formula is C47H91NO3. The summed E-state index contributed by atoms with van der Waals surface area (Å²) < 4.78 is 0. The van der Waals surface area contributed by atoms with Gasteiger partial charge in [-0.1, -0.05) is 224 Å². The van der Waals surface area contributed by atoms with Crippen molar-refractivity contribution in [3.05, 3.63) is 24.3 Å². The van der Waals surface area contributed by atoms with Crippen molar-refractivity contribution in [2.45, 2.75) is 264 Å². The Morgan fingerprint density at radius 1 is 0.451 bits per heavy atom. The van der Waals surface area contributed by atoms with Crippen LogP contribution in [0.2, 0.25) is 0 Å². The van der Waals surface area contributed by atoms with Crippen LogP contribution in [-0.2, 0) is 4.79 Å². The molecule has 4 nitrogen and oxygen atoms in total. The molecule has 0 fully saturated rings. The zero-order valence-corrected chi connectivity index (χ0v) is 34.6. The van der Waals surface area contributed by atoms with Crippen LogP contribution in [0.3, 0.4) is 0 Å². The maximum absolute atomic E-state index is 12.4. The van der Waals surface area contributed by atoms with Crippen LogP contribution in [-0.4, -0.2) is 34.9 Å². The normalized spacial score (nSPS) is 13.1. The highest BCUT2D eigenvalue weighted by molar-refractivity contribution is 5.76. The van der Waals surface area contributed by atoms with E-state index in [4.69, 9.17) is 0 Å². The van der Waals surface area contributed by atoms with Gasteiger partial charge in [-0.05, 0) is 44.9 Å². The van der Waals surface area contributed by atoms with Gasteiger partial charge in [0.15, 0.2) is 0 Å². The summed E-state index contributed by atoms with van der Waals surface area (Å²) in [7, 11) is 0. The standard InChI is InChI=1S/C47H91NO3/c1-3-5-7-9-11-13-15-16-17-18-19-20-21-22-23-24-25-26-27-28-29-30-31-32-33-35-37-39-41-43-47(51)48-45(44-49)46(50)42-40-38-36-34-14-12-10-8-6-4-2/h22-23,40,42,45-46,49-50H,3-21,24-39,41,43-44H2,1-2H3,(H,48,51)/b23-22-,42-40+. The Hall–Kier alpha value is -1.13. The highest BCUT2D eigenvalue weighted by atomic mass is 16.3. The first-order valence-electron chi connectivity index (χ1n) is 23.1. The van der Waals surface area contributed by atoms with Gasteiger partial charge in [0, 0.05) is 6.42 Å². The molecule has 2 unspecified atom stereocenters. The SMILES string of the molecule is CCCCCCCCCC/C=C/C(O)C(CO)NC(=O)CCCCCCCCCCCCCCC/C=C\CCCCCCCCCCCCCC. The van der Waals surface area contributed by atoms with Crippen LogP contribution in [0.15, 0.2) is 24.3 Å². The van der Waals surface area contributed by atoms with Gasteiger partial charge in [0.05, 0.1) is 18.8 Å². The maximum atomic E-state index is 12.4. The Morgan fingerprint density at radius 3 is 1.08 bits per heavy atom. The first-order chi connectivity index (χ1) is 25.2. The van der Waals surface area contributed by atoms with Crippen molar-refractivity contribution < 1.29 is 15.0 Å². The third-order valence-electron chi connectivity index (χ3n) is 10.7. The molecule has 0 radical (unpaired) electrons. The second-order valence-electron chi connectivity index (χ2n) is 15.8. The number of unbranched alkanes of at least 4 members (excludes halogenated alkanes) is 33.